The normalized spacial score (nSPS) is 11.9. The fourth-order valence-electron chi connectivity index (χ4n) is 7.71. The minimum atomic E-state index is 0.892. The Balaban J connectivity index is 1.21. The first kappa shape index (κ1) is 26.8. The van der Waals surface area contributed by atoms with Crippen molar-refractivity contribution >= 4 is 32.6 Å². The molecule has 0 N–H and O–H groups in total. The maximum atomic E-state index is 6.60. The van der Waals surface area contributed by atoms with E-state index in [9.17, 15) is 0 Å². The van der Waals surface area contributed by atoms with E-state index in [1.807, 2.05) is 0 Å². The van der Waals surface area contributed by atoms with Crippen molar-refractivity contribution in [3.8, 4) is 61.7 Å². The summed E-state index contributed by atoms with van der Waals surface area (Å²) in [6, 6.07) is 63.1. The van der Waals surface area contributed by atoms with E-state index in [0.29, 0.717) is 0 Å². The van der Waals surface area contributed by atoms with Gasteiger partial charge >= 0.3 is 0 Å². The highest BCUT2D eigenvalue weighted by Crippen LogP contribution is 2.50. The van der Waals surface area contributed by atoms with E-state index in [1.165, 1.54) is 66.1 Å². The van der Waals surface area contributed by atoms with Crippen molar-refractivity contribution < 1.29 is 4.74 Å². The SMILES string of the molecule is c1ccc(-c2ccc3c(c2)-c2cccc4c(-c5ccccc5-c5cccc6c7ccccc7n(-c7ccccc7)c56)ccc(c24)O3)cc1. The van der Waals surface area contributed by atoms with Gasteiger partial charge in [-0.1, -0.05) is 140 Å². The number of nitrogens with zero attached hydrogens (tertiary/aromatic N) is 1. The molecule has 0 saturated heterocycles. The second-order valence-electron chi connectivity index (χ2n) is 12.5. The summed E-state index contributed by atoms with van der Waals surface area (Å²) in [6.45, 7) is 0. The maximum absolute atomic E-state index is 6.60. The van der Waals surface area contributed by atoms with Crippen LogP contribution in [0.5, 0.6) is 11.5 Å². The van der Waals surface area contributed by atoms with Gasteiger partial charge in [0.15, 0.2) is 0 Å². The molecule has 0 unspecified atom stereocenters. The summed E-state index contributed by atoms with van der Waals surface area (Å²) >= 11 is 0. The molecule has 1 aromatic heterocycles. The fourth-order valence-corrected chi connectivity index (χ4v) is 7.71. The van der Waals surface area contributed by atoms with E-state index >= 15 is 0 Å². The van der Waals surface area contributed by atoms with Crippen LogP contribution in [0.3, 0.4) is 0 Å². The minimum absolute atomic E-state index is 0.892. The third kappa shape index (κ3) is 4.00. The van der Waals surface area contributed by atoms with Crippen LogP contribution in [-0.2, 0) is 0 Å². The molecule has 1 aliphatic rings. The third-order valence-corrected chi connectivity index (χ3v) is 9.82. The molecule has 9 aromatic rings. The van der Waals surface area contributed by atoms with Crippen LogP contribution in [0, 0.1) is 0 Å². The zero-order valence-electron chi connectivity index (χ0n) is 26.1. The van der Waals surface area contributed by atoms with Gasteiger partial charge in [0.2, 0.25) is 0 Å². The van der Waals surface area contributed by atoms with Gasteiger partial charge in [0.1, 0.15) is 11.5 Å². The van der Waals surface area contributed by atoms with Crippen LogP contribution in [0.2, 0.25) is 0 Å². The molecule has 0 radical (unpaired) electrons. The van der Waals surface area contributed by atoms with Crippen LogP contribution in [0.25, 0.3) is 82.8 Å². The van der Waals surface area contributed by atoms with Gasteiger partial charge in [-0.05, 0) is 75.2 Å². The topological polar surface area (TPSA) is 14.2 Å². The number of fused-ring (bicyclic) bond motifs is 5. The van der Waals surface area contributed by atoms with Crippen molar-refractivity contribution in [2.24, 2.45) is 0 Å². The van der Waals surface area contributed by atoms with Crippen molar-refractivity contribution in [1.29, 1.82) is 0 Å². The molecule has 2 heteroatoms. The Morgan fingerprint density at radius 2 is 0.979 bits per heavy atom. The van der Waals surface area contributed by atoms with Crippen LogP contribution in [0.15, 0.2) is 176 Å². The molecule has 2 heterocycles. The van der Waals surface area contributed by atoms with Gasteiger partial charge in [0, 0.05) is 33.0 Å². The van der Waals surface area contributed by atoms with Gasteiger partial charge in [-0.2, -0.15) is 0 Å². The lowest BCUT2D eigenvalue weighted by molar-refractivity contribution is 0.487. The van der Waals surface area contributed by atoms with Gasteiger partial charge in [0.25, 0.3) is 0 Å². The Kier molecular flexibility index (Phi) is 5.91. The first-order valence-electron chi connectivity index (χ1n) is 16.4. The molecule has 0 spiro atoms. The lowest BCUT2D eigenvalue weighted by Crippen LogP contribution is -1.99. The Hall–Kier alpha value is -6.38. The Morgan fingerprint density at radius 3 is 1.81 bits per heavy atom. The number of hydrogen-bond acceptors (Lipinski definition) is 1. The van der Waals surface area contributed by atoms with Gasteiger partial charge in [-0.3, -0.25) is 0 Å². The lowest BCUT2D eigenvalue weighted by atomic mass is 9.87. The van der Waals surface area contributed by atoms with E-state index < -0.39 is 0 Å². The van der Waals surface area contributed by atoms with Crippen LogP contribution < -0.4 is 4.74 Å². The Bertz CT molecular complexity index is 2690. The summed E-state index contributed by atoms with van der Waals surface area (Å²) in [5.74, 6) is 1.79. The predicted molar refractivity (Wildman–Crippen MR) is 200 cm³/mol. The van der Waals surface area contributed by atoms with Gasteiger partial charge in [-0.25, -0.2) is 0 Å². The van der Waals surface area contributed by atoms with Crippen LogP contribution in [-0.4, -0.2) is 4.57 Å². The molecule has 0 bridgehead atoms. The number of aromatic nitrogens is 1. The highest BCUT2D eigenvalue weighted by atomic mass is 16.5. The van der Waals surface area contributed by atoms with Crippen LogP contribution in [0.4, 0.5) is 0 Å². The van der Waals surface area contributed by atoms with Crippen molar-refractivity contribution in [2.45, 2.75) is 0 Å². The van der Waals surface area contributed by atoms with Gasteiger partial charge in [-0.15, -0.1) is 0 Å². The standard InChI is InChI=1S/C46H29NO/c1-3-13-30(14-4-1)31-25-27-43-41(29-31)38-21-11-20-37-35(26-28-44(48-43)45(37)38)33-17-7-8-18-34(33)39-22-12-23-40-36-19-9-10-24-42(36)47(46(39)40)32-15-5-2-6-16-32/h1-29H. The molecule has 8 aromatic carbocycles. The summed E-state index contributed by atoms with van der Waals surface area (Å²) in [6.07, 6.45) is 0. The quantitative estimate of drug-likeness (QED) is 0.193. The average Bonchev–Trinajstić information content (AvgIpc) is 3.50. The van der Waals surface area contributed by atoms with E-state index in [0.717, 1.165) is 28.1 Å². The summed E-state index contributed by atoms with van der Waals surface area (Å²) in [7, 11) is 0. The fraction of sp³-hybridized carbons (Fsp3) is 0. The first-order valence-corrected chi connectivity index (χ1v) is 16.4. The van der Waals surface area contributed by atoms with Crippen molar-refractivity contribution in [3.63, 3.8) is 0 Å². The second-order valence-corrected chi connectivity index (χ2v) is 12.5. The zero-order valence-corrected chi connectivity index (χ0v) is 26.1. The molecule has 48 heavy (non-hydrogen) atoms. The smallest absolute Gasteiger partial charge is 0.135 e. The van der Waals surface area contributed by atoms with Crippen LogP contribution >= 0.6 is 0 Å². The molecule has 0 aliphatic carbocycles. The molecule has 224 valence electrons. The highest BCUT2D eigenvalue weighted by Gasteiger charge is 2.24. The Morgan fingerprint density at radius 1 is 0.354 bits per heavy atom. The highest BCUT2D eigenvalue weighted by molar-refractivity contribution is 6.16. The Labute approximate surface area is 278 Å². The molecule has 2 nitrogen and oxygen atoms in total. The minimum Gasteiger partial charge on any atom is -0.456 e. The van der Waals surface area contributed by atoms with Crippen molar-refractivity contribution in [2.75, 3.05) is 0 Å². The summed E-state index contributed by atoms with van der Waals surface area (Å²) in [4.78, 5) is 0. The monoisotopic (exact) mass is 611 g/mol. The molecule has 1 aliphatic heterocycles. The summed E-state index contributed by atoms with van der Waals surface area (Å²) < 4.78 is 9.02. The van der Waals surface area contributed by atoms with E-state index in [4.69, 9.17) is 4.74 Å². The lowest BCUT2D eigenvalue weighted by Gasteiger charge is -2.24. The molecule has 0 amide bonds. The zero-order chi connectivity index (χ0) is 31.6. The number of benzene rings is 8. The van der Waals surface area contributed by atoms with E-state index in [1.54, 1.807) is 0 Å². The molecule has 0 fully saturated rings. The number of ether oxygens (including phenoxy) is 1. The van der Waals surface area contributed by atoms with E-state index in [-0.39, 0.29) is 0 Å². The van der Waals surface area contributed by atoms with Crippen molar-refractivity contribution in [3.05, 3.63) is 176 Å². The number of rotatable bonds is 4. The van der Waals surface area contributed by atoms with Crippen LogP contribution in [0.1, 0.15) is 0 Å². The van der Waals surface area contributed by atoms with E-state index in [2.05, 4.69) is 180 Å². The first-order chi connectivity index (χ1) is 23.8. The molecular formula is C46H29NO. The number of hydrogen-bond donors (Lipinski definition) is 0. The molecule has 0 atom stereocenters. The average molecular weight is 612 g/mol. The maximum Gasteiger partial charge on any atom is 0.135 e. The molecular weight excluding hydrogens is 583 g/mol. The predicted octanol–water partition coefficient (Wildman–Crippen LogP) is 12.7. The second kappa shape index (κ2) is 10.6. The van der Waals surface area contributed by atoms with Gasteiger partial charge < -0.3 is 9.30 Å². The largest absolute Gasteiger partial charge is 0.456 e. The van der Waals surface area contributed by atoms with Crippen molar-refractivity contribution in [1.82, 2.24) is 4.57 Å². The van der Waals surface area contributed by atoms with Gasteiger partial charge in [0.05, 0.1) is 11.0 Å². The molecule has 10 rings (SSSR count). The summed E-state index contributed by atoms with van der Waals surface area (Å²) in [5.41, 5.74) is 13.1. The summed E-state index contributed by atoms with van der Waals surface area (Å²) in [5, 5.41) is 4.84. The molecule has 0 saturated carbocycles. The number of para-hydroxylation sites is 3. The third-order valence-electron chi connectivity index (χ3n) is 9.82.